The molecule has 102 valence electrons. The van der Waals surface area contributed by atoms with E-state index in [1.54, 1.807) is 7.11 Å². The van der Waals surface area contributed by atoms with Crippen molar-refractivity contribution in [2.45, 2.75) is 6.92 Å². The van der Waals surface area contributed by atoms with Gasteiger partial charge in [0.15, 0.2) is 0 Å². The van der Waals surface area contributed by atoms with Gasteiger partial charge in [0.2, 0.25) is 0 Å². The SMILES string of the molecule is CCOC(=O)c1cc2cc3ccc(OC)cc3nc2[se]1. The molecule has 20 heavy (non-hydrogen) atoms. The second-order valence-corrected chi connectivity index (χ2v) is 6.43. The van der Waals surface area contributed by atoms with Gasteiger partial charge in [-0.25, -0.2) is 0 Å². The number of nitrogens with zero attached hydrogens (tertiary/aromatic N) is 1. The number of fused-ring (bicyclic) bond motifs is 2. The van der Waals surface area contributed by atoms with Crippen LogP contribution in [0.25, 0.3) is 20.7 Å². The maximum atomic E-state index is 11.8. The summed E-state index contributed by atoms with van der Waals surface area (Å²) in [6.45, 7) is 2.21. The molecule has 0 amide bonds. The van der Waals surface area contributed by atoms with Crippen molar-refractivity contribution in [2.75, 3.05) is 13.7 Å². The van der Waals surface area contributed by atoms with E-state index in [0.29, 0.717) is 6.61 Å². The Kier molecular flexibility index (Phi) is 3.47. The normalized spacial score (nSPS) is 10.9. The Morgan fingerprint density at radius 1 is 1.25 bits per heavy atom. The minimum atomic E-state index is -0.230. The molecule has 0 bridgehead atoms. The average Bonchev–Trinajstić information content (AvgIpc) is 2.87. The summed E-state index contributed by atoms with van der Waals surface area (Å²) in [5.41, 5.74) is 0.892. The Labute approximate surface area is 122 Å². The number of benzene rings is 1. The Bertz CT molecular complexity index is 794. The van der Waals surface area contributed by atoms with Crippen LogP contribution < -0.4 is 4.74 Å². The van der Waals surface area contributed by atoms with E-state index in [0.717, 1.165) is 30.9 Å². The first-order valence-corrected chi connectivity index (χ1v) is 7.98. The van der Waals surface area contributed by atoms with Crippen LogP contribution in [0.15, 0.2) is 30.3 Å². The number of methoxy groups -OCH3 is 1. The fraction of sp³-hybridized carbons (Fsp3) is 0.200. The Balaban J connectivity index is 2.13. The van der Waals surface area contributed by atoms with Crippen molar-refractivity contribution in [1.82, 2.24) is 4.98 Å². The Morgan fingerprint density at radius 2 is 2.10 bits per heavy atom. The van der Waals surface area contributed by atoms with Gasteiger partial charge in [0.05, 0.1) is 0 Å². The van der Waals surface area contributed by atoms with E-state index in [1.807, 2.05) is 31.2 Å². The van der Waals surface area contributed by atoms with Crippen LogP contribution in [-0.2, 0) is 4.74 Å². The summed E-state index contributed by atoms with van der Waals surface area (Å²) in [5, 5.41) is 2.06. The van der Waals surface area contributed by atoms with Gasteiger partial charge in [-0.3, -0.25) is 0 Å². The number of carbonyl (C=O) groups excluding carboxylic acids is 1. The number of esters is 1. The molecule has 0 N–H and O–H groups in total. The molecule has 3 aromatic rings. The van der Waals surface area contributed by atoms with Gasteiger partial charge in [0.1, 0.15) is 0 Å². The number of hydrogen-bond acceptors (Lipinski definition) is 4. The van der Waals surface area contributed by atoms with Crippen LogP contribution in [0.4, 0.5) is 0 Å². The van der Waals surface area contributed by atoms with Crippen LogP contribution in [0.5, 0.6) is 5.75 Å². The summed E-state index contributed by atoms with van der Waals surface area (Å²) in [6.07, 6.45) is 0. The van der Waals surface area contributed by atoms with Crippen molar-refractivity contribution in [1.29, 1.82) is 0 Å². The molecule has 0 saturated carbocycles. The first kappa shape index (κ1) is 13.2. The fourth-order valence-electron chi connectivity index (χ4n) is 2.04. The van der Waals surface area contributed by atoms with Crippen molar-refractivity contribution >= 4 is 41.2 Å². The van der Waals surface area contributed by atoms with Gasteiger partial charge in [-0.15, -0.1) is 0 Å². The zero-order valence-corrected chi connectivity index (χ0v) is 12.9. The van der Waals surface area contributed by atoms with E-state index < -0.39 is 0 Å². The van der Waals surface area contributed by atoms with Crippen molar-refractivity contribution in [2.24, 2.45) is 0 Å². The molecule has 0 unspecified atom stereocenters. The second kappa shape index (κ2) is 5.27. The van der Waals surface area contributed by atoms with Gasteiger partial charge in [-0.2, -0.15) is 0 Å². The van der Waals surface area contributed by atoms with Crippen molar-refractivity contribution in [3.8, 4) is 5.75 Å². The number of carbonyl (C=O) groups is 1. The standard InChI is InChI=1S/C15H13NO3Se/c1-3-19-15(17)13-7-10-6-9-4-5-11(18-2)8-12(9)16-14(10)20-13/h4-8H,3H2,1-2H3. The zero-order valence-electron chi connectivity index (χ0n) is 11.2. The van der Waals surface area contributed by atoms with E-state index in [9.17, 15) is 4.79 Å². The molecular formula is C15H13NO3Se. The number of ether oxygens (including phenoxy) is 2. The predicted molar refractivity (Wildman–Crippen MR) is 78.7 cm³/mol. The average molecular weight is 334 g/mol. The van der Waals surface area contributed by atoms with E-state index in [4.69, 9.17) is 9.47 Å². The van der Waals surface area contributed by atoms with Crippen LogP contribution in [-0.4, -0.2) is 39.2 Å². The van der Waals surface area contributed by atoms with Crippen LogP contribution in [0, 0.1) is 0 Å². The van der Waals surface area contributed by atoms with Gasteiger partial charge < -0.3 is 0 Å². The summed E-state index contributed by atoms with van der Waals surface area (Å²) in [6, 6.07) is 9.75. The first-order valence-electron chi connectivity index (χ1n) is 6.26. The second-order valence-electron chi connectivity index (χ2n) is 4.27. The molecule has 0 saturated heterocycles. The van der Waals surface area contributed by atoms with Gasteiger partial charge in [0, 0.05) is 0 Å². The Morgan fingerprint density at radius 3 is 2.85 bits per heavy atom. The van der Waals surface area contributed by atoms with Crippen LogP contribution in [0.2, 0.25) is 0 Å². The predicted octanol–water partition coefficient (Wildman–Crippen LogP) is 2.63. The summed E-state index contributed by atoms with van der Waals surface area (Å²) < 4.78 is 12.0. The molecule has 4 nitrogen and oxygen atoms in total. The molecule has 0 aliphatic rings. The third kappa shape index (κ3) is 2.30. The molecule has 0 atom stereocenters. The Hall–Kier alpha value is -1.84. The van der Waals surface area contributed by atoms with Gasteiger partial charge in [-0.05, 0) is 0 Å². The minimum absolute atomic E-state index is 0.0845. The molecule has 0 spiro atoms. The molecule has 2 aromatic heterocycles. The molecule has 3 rings (SSSR count). The quantitative estimate of drug-likeness (QED) is 0.546. The monoisotopic (exact) mass is 335 g/mol. The summed E-state index contributed by atoms with van der Waals surface area (Å²) in [5.74, 6) is 0.557. The molecule has 0 aliphatic heterocycles. The van der Waals surface area contributed by atoms with Gasteiger partial charge in [-0.1, -0.05) is 0 Å². The van der Waals surface area contributed by atoms with E-state index in [2.05, 4.69) is 11.1 Å². The maximum absolute atomic E-state index is 11.8. The molecule has 0 aliphatic carbocycles. The zero-order chi connectivity index (χ0) is 14.1. The molecule has 0 fully saturated rings. The third-order valence-corrected chi connectivity index (χ3v) is 5.14. The van der Waals surface area contributed by atoms with E-state index in [-0.39, 0.29) is 20.5 Å². The van der Waals surface area contributed by atoms with Crippen LogP contribution in [0.3, 0.4) is 0 Å². The summed E-state index contributed by atoms with van der Waals surface area (Å²) in [7, 11) is 1.64. The first-order chi connectivity index (χ1) is 9.71. The van der Waals surface area contributed by atoms with Crippen LogP contribution in [0.1, 0.15) is 16.2 Å². The van der Waals surface area contributed by atoms with Crippen molar-refractivity contribution < 1.29 is 14.3 Å². The van der Waals surface area contributed by atoms with E-state index >= 15 is 0 Å². The summed E-state index contributed by atoms with van der Waals surface area (Å²) >= 11 is -0.0845. The number of pyridine rings is 1. The van der Waals surface area contributed by atoms with Crippen LogP contribution >= 0.6 is 0 Å². The number of hydrogen-bond donors (Lipinski definition) is 0. The van der Waals surface area contributed by atoms with Crippen molar-refractivity contribution in [3.63, 3.8) is 0 Å². The molecule has 5 heteroatoms. The molecule has 1 aromatic carbocycles. The third-order valence-electron chi connectivity index (χ3n) is 2.99. The molecule has 0 radical (unpaired) electrons. The molecule has 2 heterocycles. The topological polar surface area (TPSA) is 48.4 Å². The van der Waals surface area contributed by atoms with Gasteiger partial charge in [0.25, 0.3) is 0 Å². The summed E-state index contributed by atoms with van der Waals surface area (Å²) in [4.78, 5) is 16.4. The fourth-order valence-corrected chi connectivity index (χ4v) is 3.96. The molecular weight excluding hydrogens is 321 g/mol. The number of rotatable bonds is 3. The number of aromatic nitrogens is 1. The van der Waals surface area contributed by atoms with Gasteiger partial charge >= 0.3 is 122 Å². The van der Waals surface area contributed by atoms with Crippen molar-refractivity contribution in [3.05, 3.63) is 34.8 Å². The van der Waals surface area contributed by atoms with E-state index in [1.165, 1.54) is 0 Å².